The molecular formula is C24H22FN3O2S. The lowest BCUT2D eigenvalue weighted by Crippen LogP contribution is -2.00. The van der Waals surface area contributed by atoms with Gasteiger partial charge in [-0.2, -0.15) is 0 Å². The van der Waals surface area contributed by atoms with Gasteiger partial charge in [-0.3, -0.25) is 0 Å². The largest absolute Gasteiger partial charge is 0.361 e. The third-order valence-electron chi connectivity index (χ3n) is 5.72. The lowest BCUT2D eigenvalue weighted by Gasteiger charge is -2.14. The number of sulfone groups is 1. The fourth-order valence-corrected chi connectivity index (χ4v) is 5.35. The highest BCUT2D eigenvalue weighted by Crippen LogP contribution is 2.45. The van der Waals surface area contributed by atoms with Gasteiger partial charge in [0.15, 0.2) is 9.84 Å². The molecule has 5 rings (SSSR count). The van der Waals surface area contributed by atoms with E-state index >= 15 is 0 Å². The summed E-state index contributed by atoms with van der Waals surface area (Å²) in [4.78, 5) is 9.41. The third kappa shape index (κ3) is 3.08. The molecule has 5 aromatic rings. The van der Waals surface area contributed by atoms with Gasteiger partial charge in [0.05, 0.1) is 5.69 Å². The summed E-state index contributed by atoms with van der Waals surface area (Å²) >= 11 is 0. The minimum Gasteiger partial charge on any atom is -0.361 e. The Morgan fingerprint density at radius 1 is 0.903 bits per heavy atom. The maximum absolute atomic E-state index is 14.5. The van der Waals surface area contributed by atoms with Gasteiger partial charge in [0.2, 0.25) is 0 Å². The van der Waals surface area contributed by atoms with E-state index in [-0.39, 0.29) is 16.8 Å². The molecule has 0 aliphatic rings. The molecule has 0 spiro atoms. The first-order valence-corrected chi connectivity index (χ1v) is 11.9. The molecule has 2 aromatic carbocycles. The lowest BCUT2D eigenvalue weighted by molar-refractivity contribution is 0.599. The Balaban J connectivity index is 1.95. The van der Waals surface area contributed by atoms with Crippen molar-refractivity contribution in [3.05, 3.63) is 66.2 Å². The van der Waals surface area contributed by atoms with Crippen LogP contribution in [-0.2, 0) is 9.84 Å². The molecule has 0 fully saturated rings. The predicted molar refractivity (Wildman–Crippen MR) is 123 cm³/mol. The average Bonchev–Trinajstić information content (AvgIpc) is 3.43. The maximum atomic E-state index is 14.5. The van der Waals surface area contributed by atoms with Crippen molar-refractivity contribution in [2.45, 2.75) is 24.8 Å². The van der Waals surface area contributed by atoms with Crippen LogP contribution in [-0.4, -0.2) is 29.6 Å². The van der Waals surface area contributed by atoms with Gasteiger partial charge in [-0.25, -0.2) is 12.8 Å². The number of nitrogens with one attached hydrogen (secondary N) is 3. The van der Waals surface area contributed by atoms with Gasteiger partial charge in [-0.05, 0) is 47.4 Å². The molecule has 0 aliphatic heterocycles. The van der Waals surface area contributed by atoms with Crippen LogP contribution in [0.15, 0.2) is 59.9 Å². The Kier molecular flexibility index (Phi) is 4.34. The number of hydrogen-bond donors (Lipinski definition) is 3. The molecule has 7 heteroatoms. The second-order valence-corrected chi connectivity index (χ2v) is 10.1. The number of hydrogen-bond acceptors (Lipinski definition) is 2. The van der Waals surface area contributed by atoms with Gasteiger partial charge in [-0.15, -0.1) is 0 Å². The molecule has 0 aliphatic carbocycles. The summed E-state index contributed by atoms with van der Waals surface area (Å²) in [6.07, 6.45) is 4.79. The summed E-state index contributed by atoms with van der Waals surface area (Å²) in [5.74, 6) is -0.396. The Morgan fingerprint density at radius 2 is 1.58 bits per heavy atom. The molecule has 5 nitrogen and oxygen atoms in total. The number of aromatic nitrogens is 3. The van der Waals surface area contributed by atoms with Crippen LogP contribution in [0.4, 0.5) is 4.39 Å². The van der Waals surface area contributed by atoms with Crippen molar-refractivity contribution >= 4 is 31.6 Å². The standard InChI is InChI=1S/C24H22FN3O2S/c1-13(2)21-22(17-5-4-6-19-15(17)7-9-26-19)24(31(3,29)30)28-23(21)18-11-14(25)12-20-16(18)8-10-27-20/h4-13,26-28H,1-3H3. The predicted octanol–water partition coefficient (Wildman–Crippen LogP) is 5.98. The Labute approximate surface area is 179 Å². The second kappa shape index (κ2) is 6.85. The summed E-state index contributed by atoms with van der Waals surface area (Å²) in [5, 5.41) is 1.91. The fraction of sp³-hybridized carbons (Fsp3) is 0.167. The average molecular weight is 436 g/mol. The van der Waals surface area contributed by atoms with Crippen LogP contribution >= 0.6 is 0 Å². The van der Waals surface area contributed by atoms with Crippen molar-refractivity contribution < 1.29 is 12.8 Å². The second-order valence-electron chi connectivity index (χ2n) is 8.18. The molecule has 3 aromatic heterocycles. The van der Waals surface area contributed by atoms with E-state index < -0.39 is 9.84 Å². The summed E-state index contributed by atoms with van der Waals surface area (Å²) in [6.45, 7) is 4.04. The van der Waals surface area contributed by atoms with E-state index in [4.69, 9.17) is 0 Å². The van der Waals surface area contributed by atoms with E-state index in [0.717, 1.165) is 27.4 Å². The lowest BCUT2D eigenvalue weighted by atomic mass is 9.90. The SMILES string of the molecule is CC(C)c1c(-c2cc(F)cc3[nH]ccc23)[nH]c(S(C)(=O)=O)c1-c1cccc2[nH]ccc12. The van der Waals surface area contributed by atoms with E-state index in [1.807, 2.05) is 50.4 Å². The smallest absolute Gasteiger partial charge is 0.191 e. The van der Waals surface area contributed by atoms with E-state index in [1.165, 1.54) is 18.4 Å². The number of benzene rings is 2. The van der Waals surface area contributed by atoms with Crippen LogP contribution in [0.1, 0.15) is 25.3 Å². The van der Waals surface area contributed by atoms with Crippen LogP contribution in [0.25, 0.3) is 44.2 Å². The number of aromatic amines is 3. The summed E-state index contributed by atoms with van der Waals surface area (Å²) in [7, 11) is -3.59. The van der Waals surface area contributed by atoms with Gasteiger partial charge in [-0.1, -0.05) is 26.0 Å². The van der Waals surface area contributed by atoms with Crippen LogP contribution in [0, 0.1) is 5.82 Å². The normalized spacial score (nSPS) is 12.4. The van der Waals surface area contributed by atoms with Crippen molar-refractivity contribution in [3.63, 3.8) is 0 Å². The zero-order chi connectivity index (χ0) is 21.9. The van der Waals surface area contributed by atoms with Gasteiger partial charge in [0, 0.05) is 51.6 Å². The van der Waals surface area contributed by atoms with Crippen molar-refractivity contribution in [2.24, 2.45) is 0 Å². The van der Waals surface area contributed by atoms with Crippen molar-refractivity contribution in [1.29, 1.82) is 0 Å². The monoisotopic (exact) mass is 435 g/mol. The number of rotatable bonds is 4. The van der Waals surface area contributed by atoms with Crippen LogP contribution in [0.5, 0.6) is 0 Å². The van der Waals surface area contributed by atoms with Crippen LogP contribution in [0.2, 0.25) is 0 Å². The van der Waals surface area contributed by atoms with Gasteiger partial charge < -0.3 is 15.0 Å². The molecule has 158 valence electrons. The van der Waals surface area contributed by atoms with Crippen LogP contribution < -0.4 is 0 Å². The van der Waals surface area contributed by atoms with Crippen molar-refractivity contribution in [3.8, 4) is 22.4 Å². The Morgan fingerprint density at radius 3 is 2.26 bits per heavy atom. The van der Waals surface area contributed by atoms with Crippen LogP contribution in [0.3, 0.4) is 0 Å². The van der Waals surface area contributed by atoms with Crippen molar-refractivity contribution in [2.75, 3.05) is 6.26 Å². The molecular weight excluding hydrogens is 413 g/mol. The molecule has 0 unspecified atom stereocenters. The van der Waals surface area contributed by atoms with Crippen molar-refractivity contribution in [1.82, 2.24) is 15.0 Å². The molecule has 0 atom stereocenters. The fourth-order valence-electron chi connectivity index (χ4n) is 4.47. The van der Waals surface area contributed by atoms with E-state index in [9.17, 15) is 12.8 Å². The van der Waals surface area contributed by atoms with E-state index in [2.05, 4.69) is 15.0 Å². The topological polar surface area (TPSA) is 81.5 Å². The zero-order valence-electron chi connectivity index (χ0n) is 17.4. The highest BCUT2D eigenvalue weighted by Gasteiger charge is 2.29. The molecule has 3 heterocycles. The number of fused-ring (bicyclic) bond motifs is 2. The first-order chi connectivity index (χ1) is 14.8. The van der Waals surface area contributed by atoms with Gasteiger partial charge >= 0.3 is 0 Å². The first kappa shape index (κ1) is 19.6. The molecule has 3 N–H and O–H groups in total. The van der Waals surface area contributed by atoms with E-state index in [1.54, 1.807) is 6.20 Å². The molecule has 31 heavy (non-hydrogen) atoms. The molecule has 0 saturated carbocycles. The number of H-pyrrole nitrogens is 3. The third-order valence-corrected chi connectivity index (χ3v) is 6.77. The summed E-state index contributed by atoms with van der Waals surface area (Å²) in [5.41, 5.74) is 5.17. The highest BCUT2D eigenvalue weighted by atomic mass is 32.2. The first-order valence-electron chi connectivity index (χ1n) is 10.0. The molecule has 0 bridgehead atoms. The highest BCUT2D eigenvalue weighted by molar-refractivity contribution is 7.90. The quantitative estimate of drug-likeness (QED) is 0.325. The minimum absolute atomic E-state index is 0.0109. The minimum atomic E-state index is -3.59. The van der Waals surface area contributed by atoms with E-state index in [0.29, 0.717) is 22.3 Å². The maximum Gasteiger partial charge on any atom is 0.191 e. The summed E-state index contributed by atoms with van der Waals surface area (Å²) < 4.78 is 40.2. The molecule has 0 amide bonds. The number of halogens is 1. The Hall–Kier alpha value is -3.32. The van der Waals surface area contributed by atoms with Gasteiger partial charge in [0.1, 0.15) is 10.8 Å². The zero-order valence-corrected chi connectivity index (χ0v) is 18.2. The molecule has 0 saturated heterocycles. The Bertz CT molecular complexity index is 1550. The van der Waals surface area contributed by atoms with Gasteiger partial charge in [0.25, 0.3) is 0 Å². The summed E-state index contributed by atoms with van der Waals surface area (Å²) in [6, 6.07) is 12.5. The molecule has 0 radical (unpaired) electrons.